The molecule has 0 aromatic heterocycles. The van der Waals surface area contributed by atoms with Gasteiger partial charge in [0.05, 0.1) is 18.9 Å². The van der Waals surface area contributed by atoms with Crippen molar-refractivity contribution in [1.82, 2.24) is 0 Å². The lowest BCUT2D eigenvalue weighted by Crippen LogP contribution is -2.32. The molecule has 0 spiro atoms. The average molecular weight is 348 g/mol. The summed E-state index contributed by atoms with van der Waals surface area (Å²) in [5, 5.41) is 5.45. The fourth-order valence-corrected chi connectivity index (χ4v) is 2.40. The fraction of sp³-hybridized carbons (Fsp3) is 0.278. The molecule has 2 N–H and O–H groups in total. The first kappa shape index (κ1) is 17.0. The molecule has 5 nitrogen and oxygen atoms in total. The number of hydrogen-bond donors (Lipinski definition) is 2. The molecule has 1 aliphatic rings. The Balaban J connectivity index is 1.66. The lowest BCUT2D eigenvalue weighted by molar-refractivity contribution is -0.116. The number of carbonyl (C=O) groups excluding carboxylic acids is 1. The average Bonchev–Trinajstić information content (AvgIpc) is 2.82. The van der Waals surface area contributed by atoms with E-state index in [1.165, 1.54) is 6.07 Å². The summed E-state index contributed by atoms with van der Waals surface area (Å²) in [6, 6.07) is 7.64. The molecule has 1 atom stereocenters. The van der Waals surface area contributed by atoms with E-state index in [0.29, 0.717) is 30.4 Å². The minimum Gasteiger partial charge on any atom is -0.490 e. The van der Waals surface area contributed by atoms with Gasteiger partial charge in [-0.3, -0.25) is 4.79 Å². The van der Waals surface area contributed by atoms with Crippen molar-refractivity contribution in [2.24, 2.45) is 0 Å². The van der Waals surface area contributed by atoms with Crippen LogP contribution in [0.5, 0.6) is 11.5 Å². The lowest BCUT2D eigenvalue weighted by Gasteiger charge is -2.17. The number of ether oxygens (including phenoxy) is 2. The highest BCUT2D eigenvalue weighted by Gasteiger charge is 2.17. The zero-order valence-corrected chi connectivity index (χ0v) is 13.6. The molecule has 25 heavy (non-hydrogen) atoms. The molecule has 1 heterocycles. The largest absolute Gasteiger partial charge is 0.490 e. The number of hydrogen-bond acceptors (Lipinski definition) is 4. The molecule has 2 aromatic carbocycles. The summed E-state index contributed by atoms with van der Waals surface area (Å²) in [5.41, 5.74) is 0.602. The second-order valence-electron chi connectivity index (χ2n) is 5.69. The summed E-state index contributed by atoms with van der Waals surface area (Å²) in [6.45, 7) is 2.80. The van der Waals surface area contributed by atoms with E-state index in [1.807, 2.05) is 0 Å². The van der Waals surface area contributed by atoms with Crippen molar-refractivity contribution in [3.8, 4) is 11.5 Å². The van der Waals surface area contributed by atoms with Crippen molar-refractivity contribution < 1.29 is 23.0 Å². The number of carbonyl (C=O) groups is 1. The van der Waals surface area contributed by atoms with Gasteiger partial charge < -0.3 is 20.1 Å². The monoisotopic (exact) mass is 348 g/mol. The van der Waals surface area contributed by atoms with Gasteiger partial charge in [0.1, 0.15) is 17.7 Å². The summed E-state index contributed by atoms with van der Waals surface area (Å²) >= 11 is 0. The van der Waals surface area contributed by atoms with Gasteiger partial charge in [0.2, 0.25) is 5.91 Å². The van der Waals surface area contributed by atoms with Crippen LogP contribution >= 0.6 is 0 Å². The molecule has 1 unspecified atom stereocenters. The van der Waals surface area contributed by atoms with Gasteiger partial charge >= 0.3 is 0 Å². The Morgan fingerprint density at radius 2 is 1.84 bits per heavy atom. The van der Waals surface area contributed by atoms with Crippen LogP contribution in [0.2, 0.25) is 0 Å². The third-order valence-corrected chi connectivity index (χ3v) is 3.71. The summed E-state index contributed by atoms with van der Waals surface area (Å²) in [4.78, 5) is 12.2. The van der Waals surface area contributed by atoms with E-state index < -0.39 is 23.6 Å². The molecule has 2 aromatic rings. The Morgan fingerprint density at radius 1 is 1.08 bits per heavy atom. The fourth-order valence-electron chi connectivity index (χ4n) is 2.40. The number of anilines is 2. The number of halogens is 2. The molecule has 0 saturated carbocycles. The van der Waals surface area contributed by atoms with Crippen molar-refractivity contribution in [3.63, 3.8) is 0 Å². The van der Waals surface area contributed by atoms with E-state index in [9.17, 15) is 13.6 Å². The molecule has 1 aliphatic heterocycles. The van der Waals surface area contributed by atoms with Crippen molar-refractivity contribution in [2.45, 2.75) is 19.4 Å². The highest BCUT2D eigenvalue weighted by molar-refractivity contribution is 5.96. The van der Waals surface area contributed by atoms with Crippen LogP contribution in [-0.2, 0) is 4.79 Å². The van der Waals surface area contributed by atoms with Crippen LogP contribution in [0.4, 0.5) is 20.2 Å². The van der Waals surface area contributed by atoms with Crippen LogP contribution in [0.3, 0.4) is 0 Å². The third-order valence-electron chi connectivity index (χ3n) is 3.71. The molecule has 0 aliphatic carbocycles. The van der Waals surface area contributed by atoms with E-state index in [0.717, 1.165) is 18.6 Å². The molecule has 0 fully saturated rings. The van der Waals surface area contributed by atoms with Crippen molar-refractivity contribution in [2.75, 3.05) is 23.8 Å². The Kier molecular flexibility index (Phi) is 5.02. The highest BCUT2D eigenvalue weighted by atomic mass is 19.1. The second kappa shape index (κ2) is 7.38. The van der Waals surface area contributed by atoms with Gasteiger partial charge in [0.15, 0.2) is 11.5 Å². The molecule has 7 heteroatoms. The Hall–Kier alpha value is -2.83. The van der Waals surface area contributed by atoms with E-state index >= 15 is 0 Å². The topological polar surface area (TPSA) is 59.6 Å². The quantitative estimate of drug-likeness (QED) is 0.887. The summed E-state index contributed by atoms with van der Waals surface area (Å²) < 4.78 is 37.7. The molecule has 0 bridgehead atoms. The first-order valence-corrected chi connectivity index (χ1v) is 7.95. The number of fused-ring (bicyclic) bond motifs is 1. The van der Waals surface area contributed by atoms with E-state index in [2.05, 4.69) is 10.6 Å². The molecule has 0 saturated heterocycles. The van der Waals surface area contributed by atoms with Gasteiger partial charge in [-0.05, 0) is 31.2 Å². The smallest absolute Gasteiger partial charge is 0.246 e. The molecule has 1 amide bonds. The van der Waals surface area contributed by atoms with Crippen LogP contribution in [0.1, 0.15) is 13.3 Å². The van der Waals surface area contributed by atoms with Crippen LogP contribution in [0.15, 0.2) is 36.4 Å². The van der Waals surface area contributed by atoms with Gasteiger partial charge in [-0.25, -0.2) is 8.78 Å². The van der Waals surface area contributed by atoms with Gasteiger partial charge in [-0.2, -0.15) is 0 Å². The van der Waals surface area contributed by atoms with E-state index in [-0.39, 0.29) is 5.69 Å². The van der Waals surface area contributed by atoms with E-state index in [4.69, 9.17) is 9.47 Å². The maximum absolute atomic E-state index is 13.6. The number of nitrogens with one attached hydrogen (secondary N) is 2. The predicted molar refractivity (Wildman–Crippen MR) is 90.1 cm³/mol. The minimum atomic E-state index is -0.823. The maximum Gasteiger partial charge on any atom is 0.246 e. The van der Waals surface area contributed by atoms with Crippen molar-refractivity contribution in [1.29, 1.82) is 0 Å². The maximum atomic E-state index is 13.6. The zero-order valence-electron chi connectivity index (χ0n) is 13.6. The summed E-state index contributed by atoms with van der Waals surface area (Å²) in [6.07, 6.45) is 0.805. The van der Waals surface area contributed by atoms with Crippen LogP contribution < -0.4 is 20.1 Å². The number of rotatable bonds is 4. The first-order chi connectivity index (χ1) is 12.0. The van der Waals surface area contributed by atoms with Gasteiger partial charge in [-0.15, -0.1) is 0 Å². The predicted octanol–water partition coefficient (Wildman–Crippen LogP) is 3.57. The normalized spacial score (nSPS) is 14.4. The Morgan fingerprint density at radius 3 is 2.60 bits per heavy atom. The first-order valence-electron chi connectivity index (χ1n) is 7.95. The molecule has 132 valence electrons. The molecule has 3 rings (SSSR count). The van der Waals surface area contributed by atoms with Crippen LogP contribution in [-0.4, -0.2) is 25.2 Å². The lowest BCUT2D eigenvalue weighted by atomic mass is 10.2. The Bertz CT molecular complexity index is 783. The van der Waals surface area contributed by atoms with Crippen molar-refractivity contribution >= 4 is 17.3 Å². The third kappa shape index (κ3) is 4.17. The second-order valence-corrected chi connectivity index (χ2v) is 5.69. The minimum absolute atomic E-state index is 0.0706. The van der Waals surface area contributed by atoms with Crippen LogP contribution in [0.25, 0.3) is 0 Å². The van der Waals surface area contributed by atoms with E-state index in [1.54, 1.807) is 25.1 Å². The number of benzene rings is 2. The Labute approximate surface area is 143 Å². The molecule has 0 radical (unpaired) electrons. The zero-order chi connectivity index (χ0) is 17.8. The SMILES string of the molecule is CC(Nc1ccc2c(c1)OCCCO2)C(=O)Nc1ccc(F)cc1F. The van der Waals surface area contributed by atoms with Gasteiger partial charge in [-0.1, -0.05) is 0 Å². The summed E-state index contributed by atoms with van der Waals surface area (Å²) in [7, 11) is 0. The number of amides is 1. The molecular formula is C18H18F2N2O3. The van der Waals surface area contributed by atoms with Crippen molar-refractivity contribution in [3.05, 3.63) is 48.0 Å². The van der Waals surface area contributed by atoms with Gasteiger partial charge in [0, 0.05) is 24.2 Å². The highest BCUT2D eigenvalue weighted by Crippen LogP contribution is 2.32. The van der Waals surface area contributed by atoms with Crippen LogP contribution in [0, 0.1) is 11.6 Å². The van der Waals surface area contributed by atoms with Gasteiger partial charge in [0.25, 0.3) is 0 Å². The standard InChI is InChI=1S/C18H18F2N2O3/c1-11(18(23)22-15-5-3-12(19)9-14(15)20)21-13-4-6-16-17(10-13)25-8-2-7-24-16/h3-6,9-11,21H,2,7-8H2,1H3,(H,22,23). The molecular weight excluding hydrogens is 330 g/mol. The summed E-state index contributed by atoms with van der Waals surface area (Å²) in [5.74, 6) is -0.698.